The van der Waals surface area contributed by atoms with Gasteiger partial charge in [-0.15, -0.1) is 0 Å². The predicted octanol–water partition coefficient (Wildman–Crippen LogP) is 5.10. The van der Waals surface area contributed by atoms with Crippen LogP contribution in [0.25, 0.3) is 0 Å². The maximum atomic E-state index is 4.47. The molecule has 0 saturated carbocycles. The summed E-state index contributed by atoms with van der Waals surface area (Å²) in [5.74, 6) is 1.06. The zero-order chi connectivity index (χ0) is 14.9. The van der Waals surface area contributed by atoms with Gasteiger partial charge in [-0.25, -0.2) is 0 Å². The van der Waals surface area contributed by atoms with Crippen LogP contribution >= 0.6 is 0 Å². The van der Waals surface area contributed by atoms with Gasteiger partial charge >= 0.3 is 0 Å². The van der Waals surface area contributed by atoms with Crippen molar-refractivity contribution in [3.8, 4) is 0 Å². The minimum atomic E-state index is 0.483. The molecule has 2 rings (SSSR count). The first-order chi connectivity index (χ1) is 10.3. The van der Waals surface area contributed by atoms with Crippen LogP contribution in [-0.2, 0) is 6.42 Å². The van der Waals surface area contributed by atoms with Gasteiger partial charge < -0.3 is 0 Å². The number of nitrogens with zero attached hydrogens (tertiary/aromatic N) is 2. The lowest BCUT2D eigenvalue weighted by Crippen LogP contribution is -2.19. The monoisotopic (exact) mass is 283 g/mol. The normalized spacial score (nSPS) is 16.4. The van der Waals surface area contributed by atoms with E-state index < -0.39 is 0 Å². The molecule has 1 heterocycles. The van der Waals surface area contributed by atoms with Crippen LogP contribution in [-0.4, -0.2) is 12.4 Å². The highest BCUT2D eigenvalue weighted by molar-refractivity contribution is 6.18. The molecular formula is C19H27N2+. The highest BCUT2D eigenvalue weighted by Gasteiger charge is 2.32. The topological polar surface area (TPSA) is 24.7 Å². The van der Waals surface area contributed by atoms with Crippen molar-refractivity contribution in [1.82, 2.24) is 0 Å². The summed E-state index contributed by atoms with van der Waals surface area (Å²) in [4.78, 5) is 8.93. The number of benzene rings is 1. The van der Waals surface area contributed by atoms with E-state index in [1.54, 1.807) is 0 Å². The third-order valence-corrected chi connectivity index (χ3v) is 4.27. The minimum absolute atomic E-state index is 0.483. The van der Waals surface area contributed by atoms with Crippen molar-refractivity contribution in [1.29, 1.82) is 0 Å². The second-order valence-electron chi connectivity index (χ2n) is 6.04. The highest BCUT2D eigenvalue weighted by Crippen LogP contribution is 2.33. The van der Waals surface area contributed by atoms with Crippen molar-refractivity contribution in [3.63, 3.8) is 0 Å². The fourth-order valence-electron chi connectivity index (χ4n) is 3.03. The molecule has 0 fully saturated rings. The van der Waals surface area contributed by atoms with E-state index in [-0.39, 0.29) is 0 Å². The predicted molar refractivity (Wildman–Crippen MR) is 91.8 cm³/mol. The molecule has 2 unspecified atom stereocenters. The Morgan fingerprint density at radius 2 is 1.71 bits per heavy atom. The number of hydrogen-bond donors (Lipinski definition) is 0. The van der Waals surface area contributed by atoms with E-state index in [9.17, 15) is 0 Å². The van der Waals surface area contributed by atoms with E-state index in [0.717, 1.165) is 12.6 Å². The fourth-order valence-corrected chi connectivity index (χ4v) is 3.03. The van der Waals surface area contributed by atoms with Gasteiger partial charge in [-0.2, -0.15) is 0 Å². The SMILES string of the molecule is CCCCCCC([C+]1N=CC=N1)C(C)Cc1ccccc1. The summed E-state index contributed by atoms with van der Waals surface area (Å²) in [5.41, 5.74) is 1.41. The van der Waals surface area contributed by atoms with Gasteiger partial charge in [0.05, 0.1) is 5.92 Å². The molecule has 1 aromatic rings. The van der Waals surface area contributed by atoms with Gasteiger partial charge in [-0.05, 0) is 24.3 Å². The molecule has 0 saturated heterocycles. The molecule has 0 aromatic heterocycles. The van der Waals surface area contributed by atoms with Crippen LogP contribution in [0.1, 0.15) is 51.5 Å². The summed E-state index contributed by atoms with van der Waals surface area (Å²) in [6.45, 7) is 4.60. The summed E-state index contributed by atoms with van der Waals surface area (Å²) in [6, 6.07) is 10.8. The number of unbranched alkanes of at least 4 members (excludes halogenated alkanes) is 3. The molecule has 1 aromatic carbocycles. The molecule has 2 nitrogen and oxygen atoms in total. The van der Waals surface area contributed by atoms with E-state index in [2.05, 4.69) is 54.2 Å². The summed E-state index contributed by atoms with van der Waals surface area (Å²) >= 11 is 0. The van der Waals surface area contributed by atoms with E-state index >= 15 is 0 Å². The molecule has 0 spiro atoms. The van der Waals surface area contributed by atoms with Crippen molar-refractivity contribution >= 4 is 12.4 Å². The van der Waals surface area contributed by atoms with Gasteiger partial charge in [0.25, 0.3) is 0 Å². The van der Waals surface area contributed by atoms with Crippen LogP contribution in [0.5, 0.6) is 0 Å². The van der Waals surface area contributed by atoms with E-state index in [4.69, 9.17) is 0 Å². The van der Waals surface area contributed by atoms with Crippen molar-refractivity contribution in [2.75, 3.05) is 0 Å². The number of hydrogen-bond acceptors (Lipinski definition) is 2. The Hall–Kier alpha value is -1.57. The first-order valence-electron chi connectivity index (χ1n) is 8.28. The number of rotatable bonds is 9. The van der Waals surface area contributed by atoms with Crippen LogP contribution in [0.2, 0.25) is 0 Å². The lowest BCUT2D eigenvalue weighted by atomic mass is 9.83. The molecule has 21 heavy (non-hydrogen) atoms. The molecule has 0 bridgehead atoms. The first-order valence-corrected chi connectivity index (χ1v) is 8.28. The minimum Gasteiger partial charge on any atom is -0.0965 e. The molecular weight excluding hydrogens is 256 g/mol. The largest absolute Gasteiger partial charge is 0.244 e. The Morgan fingerprint density at radius 1 is 1.00 bits per heavy atom. The lowest BCUT2D eigenvalue weighted by Gasteiger charge is -2.22. The molecule has 2 heteroatoms. The number of aliphatic imine (C=N–C) groups is 2. The molecule has 1 aliphatic heterocycles. The molecule has 0 aliphatic carbocycles. The van der Waals surface area contributed by atoms with Gasteiger partial charge in [0.1, 0.15) is 0 Å². The van der Waals surface area contributed by atoms with Gasteiger partial charge in [-0.1, -0.05) is 79.8 Å². The summed E-state index contributed by atoms with van der Waals surface area (Å²) in [6.07, 6.45) is 12.2. The summed E-state index contributed by atoms with van der Waals surface area (Å²) in [5, 5.41) is 0. The average Bonchev–Trinajstić information content (AvgIpc) is 3.02. The Balaban J connectivity index is 1.93. The third kappa shape index (κ3) is 5.04. The molecule has 112 valence electrons. The second-order valence-corrected chi connectivity index (χ2v) is 6.04. The van der Waals surface area contributed by atoms with Gasteiger partial charge in [0, 0.05) is 0 Å². The molecule has 2 atom stereocenters. The zero-order valence-electron chi connectivity index (χ0n) is 13.3. The van der Waals surface area contributed by atoms with Crippen molar-refractivity contribution in [3.05, 3.63) is 42.1 Å². The van der Waals surface area contributed by atoms with Gasteiger partial charge in [0.15, 0.2) is 12.4 Å². The maximum Gasteiger partial charge on any atom is 0.244 e. The van der Waals surface area contributed by atoms with Gasteiger partial charge in [-0.3, -0.25) is 0 Å². The quantitative estimate of drug-likeness (QED) is 0.445. The van der Waals surface area contributed by atoms with Crippen LogP contribution in [0, 0.1) is 18.0 Å². The Morgan fingerprint density at radius 3 is 2.38 bits per heavy atom. The van der Waals surface area contributed by atoms with Crippen molar-refractivity contribution in [2.45, 2.75) is 52.4 Å². The van der Waals surface area contributed by atoms with Crippen LogP contribution in [0.15, 0.2) is 40.3 Å². The van der Waals surface area contributed by atoms with Crippen LogP contribution < -0.4 is 0 Å². The summed E-state index contributed by atoms with van der Waals surface area (Å²) < 4.78 is 0. The van der Waals surface area contributed by atoms with Gasteiger partial charge in [0.2, 0.25) is 6.17 Å². The van der Waals surface area contributed by atoms with Crippen molar-refractivity contribution < 1.29 is 0 Å². The first kappa shape index (κ1) is 15.8. The molecule has 0 amide bonds. The van der Waals surface area contributed by atoms with Crippen LogP contribution in [0.4, 0.5) is 0 Å². The Bertz CT molecular complexity index is 438. The average molecular weight is 283 g/mol. The molecule has 0 N–H and O–H groups in total. The molecule has 1 aliphatic rings. The Kier molecular flexibility index (Phi) is 6.52. The second kappa shape index (κ2) is 8.66. The lowest BCUT2D eigenvalue weighted by molar-refractivity contribution is 0.331. The highest BCUT2D eigenvalue weighted by atomic mass is 15.0. The maximum absolute atomic E-state index is 4.47. The van der Waals surface area contributed by atoms with E-state index in [1.165, 1.54) is 37.7 Å². The fraction of sp³-hybridized carbons (Fsp3) is 0.526. The van der Waals surface area contributed by atoms with Crippen molar-refractivity contribution in [2.24, 2.45) is 21.8 Å². The molecule has 0 radical (unpaired) electrons. The van der Waals surface area contributed by atoms with E-state index in [0.29, 0.717) is 11.8 Å². The van der Waals surface area contributed by atoms with Crippen LogP contribution in [0.3, 0.4) is 0 Å². The van der Waals surface area contributed by atoms with E-state index in [1.807, 2.05) is 12.4 Å². The third-order valence-electron chi connectivity index (χ3n) is 4.27. The Labute approximate surface area is 129 Å². The summed E-state index contributed by atoms with van der Waals surface area (Å²) in [7, 11) is 0. The standard InChI is InChI=1S/C19H27N2/c1-3-4-5-9-12-18(19-20-13-14-21-19)16(2)15-17-10-7-6-8-11-17/h6-8,10-11,13-14,16,18H,3-5,9,12,15H2,1-2H3/q+1. The zero-order valence-corrected chi connectivity index (χ0v) is 13.3. The smallest absolute Gasteiger partial charge is 0.0965 e.